The lowest BCUT2D eigenvalue weighted by molar-refractivity contribution is -0.167. The highest BCUT2D eigenvalue weighted by Gasteiger charge is 2.20. The predicted octanol–water partition coefficient (Wildman–Crippen LogP) is 25.7. The summed E-state index contributed by atoms with van der Waals surface area (Å²) in [4.78, 5) is 38.1. The minimum atomic E-state index is -0.766. The zero-order valence-electron chi connectivity index (χ0n) is 55.8. The van der Waals surface area contributed by atoms with E-state index in [1.165, 1.54) is 327 Å². The van der Waals surface area contributed by atoms with Crippen molar-refractivity contribution in [1.29, 1.82) is 0 Å². The summed E-state index contributed by atoms with van der Waals surface area (Å²) in [5.41, 5.74) is 0. The molecule has 0 N–H and O–H groups in total. The van der Waals surface area contributed by atoms with Gasteiger partial charge in [-0.2, -0.15) is 0 Å². The molecule has 0 radical (unpaired) electrons. The summed E-state index contributed by atoms with van der Waals surface area (Å²) < 4.78 is 16.9. The Balaban J connectivity index is 3.89. The van der Waals surface area contributed by atoms with Crippen LogP contribution in [-0.2, 0) is 28.6 Å². The van der Waals surface area contributed by atoms with Gasteiger partial charge in [0, 0.05) is 19.3 Å². The second kappa shape index (κ2) is 71.4. The zero-order chi connectivity index (χ0) is 59.2. The number of hydrogen-bond acceptors (Lipinski definition) is 6. The summed E-state index contributed by atoms with van der Waals surface area (Å²) in [6.45, 7) is 6.65. The molecule has 0 saturated heterocycles. The maximum Gasteiger partial charge on any atom is 0.306 e. The molecule has 0 rings (SSSR count). The van der Waals surface area contributed by atoms with E-state index in [0.29, 0.717) is 19.3 Å². The number of carbonyl (C=O) groups excluding carboxylic acids is 3. The van der Waals surface area contributed by atoms with Gasteiger partial charge in [0.25, 0.3) is 0 Å². The third-order valence-corrected chi connectivity index (χ3v) is 17.2. The summed E-state index contributed by atoms with van der Waals surface area (Å²) >= 11 is 0. The molecular formula is C76H144O6. The molecule has 0 fully saturated rings. The average molecular weight is 1150 g/mol. The Hall–Kier alpha value is -2.11. The lowest BCUT2D eigenvalue weighted by atomic mass is 10.0. The lowest BCUT2D eigenvalue weighted by Crippen LogP contribution is -2.30. The first-order chi connectivity index (χ1) is 40.5. The van der Waals surface area contributed by atoms with Crippen LogP contribution in [0.3, 0.4) is 0 Å². The Morgan fingerprint density at radius 1 is 0.232 bits per heavy atom. The van der Waals surface area contributed by atoms with Crippen molar-refractivity contribution < 1.29 is 28.6 Å². The second-order valence-corrected chi connectivity index (χ2v) is 25.6. The molecule has 1 unspecified atom stereocenters. The van der Waals surface area contributed by atoms with Crippen molar-refractivity contribution in [2.45, 2.75) is 431 Å². The van der Waals surface area contributed by atoms with E-state index in [1.54, 1.807) is 0 Å². The molecule has 6 nitrogen and oxygen atoms in total. The molecule has 82 heavy (non-hydrogen) atoms. The van der Waals surface area contributed by atoms with E-state index in [1.807, 2.05) is 0 Å². The molecule has 0 saturated carbocycles. The fraction of sp³-hybridized carbons (Fsp3) is 0.908. The highest BCUT2D eigenvalue weighted by atomic mass is 16.6. The molecule has 0 aromatic carbocycles. The van der Waals surface area contributed by atoms with Gasteiger partial charge in [-0.25, -0.2) is 0 Å². The van der Waals surface area contributed by atoms with E-state index in [0.717, 1.165) is 57.8 Å². The van der Waals surface area contributed by atoms with Crippen molar-refractivity contribution in [2.24, 2.45) is 0 Å². The number of esters is 3. The molecule has 0 heterocycles. The van der Waals surface area contributed by atoms with Gasteiger partial charge in [-0.3, -0.25) is 14.4 Å². The number of allylic oxidation sites excluding steroid dienone is 4. The van der Waals surface area contributed by atoms with Crippen molar-refractivity contribution in [3.63, 3.8) is 0 Å². The Bertz CT molecular complexity index is 1320. The van der Waals surface area contributed by atoms with Gasteiger partial charge in [0.2, 0.25) is 0 Å². The van der Waals surface area contributed by atoms with Crippen LogP contribution in [0.15, 0.2) is 24.3 Å². The highest BCUT2D eigenvalue weighted by molar-refractivity contribution is 5.71. The van der Waals surface area contributed by atoms with E-state index in [9.17, 15) is 14.4 Å². The van der Waals surface area contributed by atoms with Gasteiger partial charge in [0.1, 0.15) is 13.2 Å². The van der Waals surface area contributed by atoms with Crippen LogP contribution in [0.4, 0.5) is 0 Å². The minimum Gasteiger partial charge on any atom is -0.462 e. The Morgan fingerprint density at radius 3 is 0.610 bits per heavy atom. The van der Waals surface area contributed by atoms with Gasteiger partial charge in [-0.1, -0.05) is 360 Å². The molecular weight excluding hydrogens is 1010 g/mol. The third kappa shape index (κ3) is 68.7. The van der Waals surface area contributed by atoms with Crippen LogP contribution in [0.1, 0.15) is 425 Å². The number of carbonyl (C=O) groups is 3. The van der Waals surface area contributed by atoms with Crippen molar-refractivity contribution in [2.75, 3.05) is 13.2 Å². The van der Waals surface area contributed by atoms with Gasteiger partial charge < -0.3 is 14.2 Å². The molecule has 0 aliphatic heterocycles. The van der Waals surface area contributed by atoms with Gasteiger partial charge >= 0.3 is 17.9 Å². The molecule has 0 spiro atoms. The van der Waals surface area contributed by atoms with Crippen molar-refractivity contribution in [1.82, 2.24) is 0 Å². The average Bonchev–Trinajstić information content (AvgIpc) is 3.47. The number of hydrogen-bond donors (Lipinski definition) is 0. The molecule has 484 valence electrons. The standard InChI is InChI=1S/C76H144O6/c1-4-7-10-13-16-18-20-22-24-26-28-30-32-33-34-35-36-37-38-39-40-41-42-43-45-46-48-50-52-54-56-58-60-63-66-69-75(78)81-72-73(71-80-74(77)68-65-62-15-12-9-6-3)82-76(79)70-67-64-61-59-57-55-53-51-49-47-44-31-29-27-25-23-21-19-17-14-11-8-5-2/h26-29,73H,4-25,30-72H2,1-3H3/b28-26-,29-27-. The first-order valence-corrected chi connectivity index (χ1v) is 37.3. The summed E-state index contributed by atoms with van der Waals surface area (Å²) in [5, 5.41) is 0. The molecule has 0 aromatic heterocycles. The molecule has 6 heteroatoms. The van der Waals surface area contributed by atoms with Crippen molar-refractivity contribution >= 4 is 17.9 Å². The van der Waals surface area contributed by atoms with Gasteiger partial charge in [0.15, 0.2) is 6.10 Å². The first-order valence-electron chi connectivity index (χ1n) is 37.3. The molecule has 0 aliphatic rings. The monoisotopic (exact) mass is 1150 g/mol. The highest BCUT2D eigenvalue weighted by Crippen LogP contribution is 2.19. The summed E-state index contributed by atoms with van der Waals surface area (Å²) in [6, 6.07) is 0. The second-order valence-electron chi connectivity index (χ2n) is 25.6. The van der Waals surface area contributed by atoms with Crippen LogP contribution < -0.4 is 0 Å². The van der Waals surface area contributed by atoms with Crippen LogP contribution in [-0.4, -0.2) is 37.2 Å². The SMILES string of the molecule is CCCCCCCCCC/C=C\CCCCCCCCCCCCCCCCCCCCCCCCCC(=O)OCC(COC(=O)CCCCCCCC)OC(=O)CCCCCCCCCCCCC/C=C\CCCCCCCCCC. The van der Waals surface area contributed by atoms with E-state index >= 15 is 0 Å². The van der Waals surface area contributed by atoms with Crippen molar-refractivity contribution in [3.05, 3.63) is 24.3 Å². The molecule has 1 atom stereocenters. The number of rotatable bonds is 70. The van der Waals surface area contributed by atoms with Crippen molar-refractivity contribution in [3.8, 4) is 0 Å². The van der Waals surface area contributed by atoms with Crippen LogP contribution in [0.25, 0.3) is 0 Å². The van der Waals surface area contributed by atoms with Gasteiger partial charge in [-0.15, -0.1) is 0 Å². The van der Waals surface area contributed by atoms with Crippen LogP contribution in [0.5, 0.6) is 0 Å². The largest absolute Gasteiger partial charge is 0.462 e. The maximum atomic E-state index is 12.9. The fourth-order valence-electron chi connectivity index (χ4n) is 11.6. The van der Waals surface area contributed by atoms with Crippen LogP contribution >= 0.6 is 0 Å². The van der Waals surface area contributed by atoms with Crippen LogP contribution in [0, 0.1) is 0 Å². The van der Waals surface area contributed by atoms with E-state index in [2.05, 4.69) is 45.1 Å². The summed E-state index contributed by atoms with van der Waals surface area (Å²) in [6.07, 6.45) is 88.5. The van der Waals surface area contributed by atoms with Gasteiger partial charge in [-0.05, 0) is 70.6 Å². The quantitative estimate of drug-likeness (QED) is 0.0261. The van der Waals surface area contributed by atoms with E-state index in [-0.39, 0.29) is 31.1 Å². The summed E-state index contributed by atoms with van der Waals surface area (Å²) in [7, 11) is 0. The maximum absolute atomic E-state index is 12.9. The van der Waals surface area contributed by atoms with E-state index in [4.69, 9.17) is 14.2 Å². The normalized spacial score (nSPS) is 12.1. The molecule has 0 aromatic rings. The molecule has 0 aliphatic carbocycles. The summed E-state index contributed by atoms with van der Waals surface area (Å²) in [5.74, 6) is -0.847. The topological polar surface area (TPSA) is 78.9 Å². The number of unbranched alkanes of at least 4 members (excludes halogenated alkanes) is 55. The Kier molecular flexibility index (Phi) is 69.5. The molecule has 0 amide bonds. The third-order valence-electron chi connectivity index (χ3n) is 17.2. The zero-order valence-corrected chi connectivity index (χ0v) is 55.8. The van der Waals surface area contributed by atoms with Crippen LogP contribution in [0.2, 0.25) is 0 Å². The minimum absolute atomic E-state index is 0.0656. The van der Waals surface area contributed by atoms with Gasteiger partial charge in [0.05, 0.1) is 0 Å². The van der Waals surface area contributed by atoms with E-state index < -0.39 is 6.10 Å². The number of ether oxygens (including phenoxy) is 3. The lowest BCUT2D eigenvalue weighted by Gasteiger charge is -2.18. The fourth-order valence-corrected chi connectivity index (χ4v) is 11.6. The Labute approximate surface area is 513 Å². The molecule has 0 bridgehead atoms. The predicted molar refractivity (Wildman–Crippen MR) is 358 cm³/mol. The smallest absolute Gasteiger partial charge is 0.306 e. The first kappa shape index (κ1) is 79.9. The Morgan fingerprint density at radius 2 is 0.402 bits per heavy atom.